The van der Waals surface area contributed by atoms with Gasteiger partial charge in [0.15, 0.2) is 14.4 Å². The molecule has 0 saturated carbocycles. The van der Waals surface area contributed by atoms with Crippen LogP contribution in [0.3, 0.4) is 0 Å². The van der Waals surface area contributed by atoms with Crippen LogP contribution in [0.5, 0.6) is 11.5 Å². The van der Waals surface area contributed by atoms with E-state index >= 15 is 9.36 Å². The van der Waals surface area contributed by atoms with Gasteiger partial charge < -0.3 is 37.7 Å². The van der Waals surface area contributed by atoms with Gasteiger partial charge in [0.25, 0.3) is 0 Å². The first-order valence-corrected chi connectivity index (χ1v) is 42.6. The SMILES string of the molecule is CCCCCCCCCCCCC(CCCCCCCCCCCC)C(=O)O[C@H]1[C@H](OP(=O)(Oc2ccccc2)Oc2ccccc2)[C@@H](CO[Si](C)(C)C(C)(C)C)OC[C@@H]1NC(=O)C[C@@H](CCCCCCCCCCC)OCOCC[Si](C)(C)C. The molecule has 0 unspecified atom stereocenters. The van der Waals surface area contributed by atoms with E-state index in [4.69, 9.17) is 36.9 Å². The van der Waals surface area contributed by atoms with Crippen LogP contribution in [0.4, 0.5) is 0 Å². The first-order chi connectivity index (χ1) is 40.8. The molecule has 0 aromatic heterocycles. The number of nitrogens with one attached hydrogen (secondary N) is 1. The molecule has 0 radical (unpaired) electrons. The third-order valence-electron chi connectivity index (χ3n) is 17.3. The average molecular weight is 1240 g/mol. The molecule has 1 aliphatic heterocycles. The molecule has 5 atom stereocenters. The summed E-state index contributed by atoms with van der Waals surface area (Å²) in [4.78, 5) is 30.1. The zero-order chi connectivity index (χ0) is 62.1. The number of ether oxygens (including phenoxy) is 4. The molecule has 1 aliphatic rings. The number of carbonyl (C=O) groups is 2. The number of para-hydroxylation sites is 2. The van der Waals surface area contributed by atoms with Crippen LogP contribution in [0.1, 0.15) is 253 Å². The number of rotatable bonds is 52. The average Bonchev–Trinajstić information content (AvgIpc) is 2.17. The zero-order valence-electron chi connectivity index (χ0n) is 56.0. The summed E-state index contributed by atoms with van der Waals surface area (Å²) in [5, 5.41) is 3.12. The molecule has 1 saturated heterocycles. The van der Waals surface area contributed by atoms with Crippen molar-refractivity contribution in [1.29, 1.82) is 0 Å². The first-order valence-electron chi connectivity index (χ1n) is 34.5. The van der Waals surface area contributed by atoms with Crippen LogP contribution < -0.4 is 14.4 Å². The Bertz CT molecular complexity index is 1950. The fraction of sp³-hybridized carbons (Fsp3) is 0.800. The van der Waals surface area contributed by atoms with Crippen molar-refractivity contribution in [2.75, 3.05) is 26.6 Å². The number of esters is 1. The molecule has 0 spiro atoms. The third-order valence-corrected chi connectivity index (χ3v) is 24.9. The number of unbranched alkanes of at least 4 members (excludes halogenated alkanes) is 26. The molecular weight excluding hydrogens is 1120 g/mol. The molecule has 0 aliphatic carbocycles. The number of phosphoric acid groups is 1. The van der Waals surface area contributed by atoms with Gasteiger partial charge in [0.05, 0.1) is 37.7 Å². The van der Waals surface area contributed by atoms with E-state index in [-0.39, 0.29) is 60.8 Å². The van der Waals surface area contributed by atoms with Gasteiger partial charge in [0.1, 0.15) is 30.5 Å². The van der Waals surface area contributed by atoms with Crippen LogP contribution in [0, 0.1) is 5.92 Å². The molecule has 0 bridgehead atoms. The Morgan fingerprint density at radius 1 is 0.600 bits per heavy atom. The maximum Gasteiger partial charge on any atom is 0.588 e. The Morgan fingerprint density at radius 3 is 1.45 bits per heavy atom. The molecule has 1 heterocycles. The minimum Gasteiger partial charge on any atom is -0.457 e. The van der Waals surface area contributed by atoms with Crippen molar-refractivity contribution < 1.29 is 51.1 Å². The third kappa shape index (κ3) is 35.4. The number of hydrogen-bond acceptors (Lipinski definition) is 11. The summed E-state index contributed by atoms with van der Waals surface area (Å²) < 4.78 is 68.0. The summed E-state index contributed by atoms with van der Waals surface area (Å²) in [6, 6.07) is 17.7. The summed E-state index contributed by atoms with van der Waals surface area (Å²) in [6.45, 7) is 25.4. The van der Waals surface area contributed by atoms with Crippen LogP contribution in [-0.2, 0) is 42.1 Å². The number of amides is 1. The van der Waals surface area contributed by atoms with Crippen LogP contribution in [0.25, 0.3) is 0 Å². The minimum absolute atomic E-state index is 0.0103. The predicted molar refractivity (Wildman–Crippen MR) is 358 cm³/mol. The van der Waals surface area contributed by atoms with Crippen LogP contribution in [-0.4, -0.2) is 85.3 Å². The highest BCUT2D eigenvalue weighted by Gasteiger charge is 2.51. The van der Waals surface area contributed by atoms with E-state index < -0.39 is 54.7 Å². The van der Waals surface area contributed by atoms with Crippen molar-refractivity contribution in [2.24, 2.45) is 5.92 Å². The van der Waals surface area contributed by atoms with Gasteiger partial charge in [0.2, 0.25) is 5.91 Å². The van der Waals surface area contributed by atoms with Crippen molar-refractivity contribution in [2.45, 2.75) is 328 Å². The van der Waals surface area contributed by atoms with E-state index in [1.807, 2.05) is 12.1 Å². The van der Waals surface area contributed by atoms with Gasteiger partial charge in [-0.25, -0.2) is 4.57 Å². The van der Waals surface area contributed by atoms with Crippen molar-refractivity contribution in [3.63, 3.8) is 0 Å². The van der Waals surface area contributed by atoms with Crippen molar-refractivity contribution in [3.8, 4) is 11.5 Å². The molecule has 2 aromatic rings. The summed E-state index contributed by atoms with van der Waals surface area (Å²) >= 11 is 0. The fourth-order valence-electron chi connectivity index (χ4n) is 10.7. The van der Waals surface area contributed by atoms with Crippen LogP contribution in [0.15, 0.2) is 60.7 Å². The predicted octanol–water partition coefficient (Wildman–Crippen LogP) is 20.7. The van der Waals surface area contributed by atoms with Crippen LogP contribution >= 0.6 is 7.82 Å². The van der Waals surface area contributed by atoms with Gasteiger partial charge >= 0.3 is 13.8 Å². The van der Waals surface area contributed by atoms with Gasteiger partial charge in [-0.15, -0.1) is 0 Å². The second kappa shape index (κ2) is 44.8. The Labute approximate surface area is 522 Å². The Morgan fingerprint density at radius 2 is 1.02 bits per heavy atom. The molecule has 1 amide bonds. The minimum atomic E-state index is -4.65. The number of hydrogen-bond donors (Lipinski definition) is 1. The lowest BCUT2D eigenvalue weighted by Gasteiger charge is -2.44. The van der Waals surface area contributed by atoms with Gasteiger partial charge in [-0.1, -0.05) is 284 Å². The monoisotopic (exact) mass is 1240 g/mol. The van der Waals surface area contributed by atoms with E-state index in [2.05, 4.69) is 79.6 Å². The van der Waals surface area contributed by atoms with E-state index in [1.165, 1.54) is 128 Å². The largest absolute Gasteiger partial charge is 0.588 e. The van der Waals surface area contributed by atoms with Gasteiger partial charge in [-0.2, -0.15) is 0 Å². The molecule has 12 nitrogen and oxygen atoms in total. The molecule has 490 valence electrons. The normalized spacial score (nSPS) is 17.3. The van der Waals surface area contributed by atoms with Crippen molar-refractivity contribution in [1.82, 2.24) is 5.32 Å². The highest BCUT2D eigenvalue weighted by atomic mass is 31.2. The quantitative estimate of drug-likeness (QED) is 0.0223. The molecule has 1 fully saturated rings. The van der Waals surface area contributed by atoms with E-state index in [0.717, 1.165) is 63.8 Å². The fourth-order valence-corrected chi connectivity index (χ4v) is 13.9. The molecule has 1 N–H and O–H groups in total. The number of carbonyl (C=O) groups excluding carboxylic acids is 2. The van der Waals surface area contributed by atoms with Crippen molar-refractivity contribution >= 4 is 36.1 Å². The number of phosphoric ester groups is 1. The van der Waals surface area contributed by atoms with E-state index in [9.17, 15) is 4.79 Å². The standard InChI is InChI=1S/C70H126NO11PSi2/c1-12-15-18-21-24-27-30-32-35-40-47-60(48-41-36-33-31-28-25-22-19-16-13-2)69(73)79-67-64(71-66(72)56-63(77-59-75-54-55-84(7,8)9)53-42-37-34-29-26-23-20-17-14-3)57-76-65(58-78-85(10,11)70(4,5)6)68(67)82-83(74,80-61-49-43-38-44-50-61)81-62-51-45-39-46-52-62/h38-39,43-46,49-52,60,63-65,67-68H,12-37,40-42,47-48,53-59H2,1-11H3,(H,71,72)/t63-,64+,65-,67-,68-/m1/s1. The lowest BCUT2D eigenvalue weighted by Crippen LogP contribution is -2.63. The molecule has 3 rings (SSSR count). The van der Waals surface area contributed by atoms with Crippen molar-refractivity contribution in [3.05, 3.63) is 60.7 Å². The van der Waals surface area contributed by atoms with E-state index in [1.54, 1.807) is 48.5 Å². The lowest BCUT2D eigenvalue weighted by atomic mass is 9.93. The maximum atomic E-state index is 15.6. The second-order valence-electron chi connectivity index (χ2n) is 27.4. The lowest BCUT2D eigenvalue weighted by molar-refractivity contribution is -0.191. The summed E-state index contributed by atoms with van der Waals surface area (Å²) in [6.07, 6.45) is 33.2. The second-order valence-corrected chi connectivity index (χ2v) is 39.3. The molecule has 15 heteroatoms. The van der Waals surface area contributed by atoms with E-state index in [0.29, 0.717) is 25.9 Å². The Balaban J connectivity index is 2.05. The first kappa shape index (κ1) is 76.7. The highest BCUT2D eigenvalue weighted by Crippen LogP contribution is 2.52. The Kier molecular flexibility index (Phi) is 40.4. The Hall–Kier alpha value is -2.56. The van der Waals surface area contributed by atoms with Gasteiger partial charge in [-0.3, -0.25) is 14.1 Å². The summed E-state index contributed by atoms with van der Waals surface area (Å²) in [5.41, 5.74) is 0. The maximum absolute atomic E-state index is 15.6. The topological polar surface area (TPSA) is 137 Å². The molecular formula is C70H126NO11PSi2. The highest BCUT2D eigenvalue weighted by molar-refractivity contribution is 7.49. The molecule has 85 heavy (non-hydrogen) atoms. The van der Waals surface area contributed by atoms with Gasteiger partial charge in [0, 0.05) is 14.7 Å². The smallest absolute Gasteiger partial charge is 0.457 e. The zero-order valence-corrected chi connectivity index (χ0v) is 58.9. The number of benzene rings is 2. The van der Waals surface area contributed by atoms with Gasteiger partial charge in [-0.05, 0) is 67.7 Å². The van der Waals surface area contributed by atoms with Crippen LogP contribution in [0.2, 0.25) is 43.8 Å². The molecule has 2 aromatic carbocycles. The summed E-state index contributed by atoms with van der Waals surface area (Å²) in [7, 11) is -8.40. The summed E-state index contributed by atoms with van der Waals surface area (Å²) in [5.74, 6) is -0.472.